The molecule has 1 heterocycles. The molecule has 0 aromatic rings. The Balaban J connectivity index is 3.95. The molecule has 1 saturated heterocycles. The van der Waals surface area contributed by atoms with Gasteiger partial charge in [-0.3, -0.25) is 19.2 Å². The van der Waals surface area contributed by atoms with Crippen molar-refractivity contribution in [3.05, 3.63) is 0 Å². The Bertz CT molecular complexity index is 1030. The van der Waals surface area contributed by atoms with Gasteiger partial charge in [0.1, 0.15) is 0 Å². The van der Waals surface area contributed by atoms with E-state index >= 15 is 8.78 Å². The number of ether oxygens (including phenoxy) is 5. The summed E-state index contributed by atoms with van der Waals surface area (Å²) >= 11 is 0. The summed E-state index contributed by atoms with van der Waals surface area (Å²) in [7, 11) is 0. The fourth-order valence-corrected chi connectivity index (χ4v) is 3.28. The van der Waals surface area contributed by atoms with E-state index in [9.17, 15) is 67.5 Å². The smallest absolute Gasteiger partial charge is 0.455 e. The Morgan fingerprint density at radius 2 is 0.829 bits per heavy atom. The quantitative estimate of drug-likeness (QED) is 0.212. The standard InChI is InChI=1S/C19H17F13O9/c1-5(33)37-9-10(38-6(2)34)12(41-13(40-8(4)36)11(9)39-7(3)35)14(20,21)15(22,23)16(24,25)17(26,27)18(28,29)19(30,31)32/h9-13H,1-4H3/t9-,10-,11+,12+,13+/m0/s1. The van der Waals surface area contributed by atoms with Crippen molar-refractivity contribution in [1.29, 1.82) is 0 Å². The highest BCUT2D eigenvalue weighted by Crippen LogP contribution is 2.61. The highest BCUT2D eigenvalue weighted by atomic mass is 19.4. The first-order valence-corrected chi connectivity index (χ1v) is 10.4. The molecule has 41 heavy (non-hydrogen) atoms. The van der Waals surface area contributed by atoms with Gasteiger partial charge in [0.2, 0.25) is 12.4 Å². The number of esters is 4. The number of hydrogen-bond donors (Lipinski definition) is 0. The van der Waals surface area contributed by atoms with E-state index in [0.717, 1.165) is 0 Å². The summed E-state index contributed by atoms with van der Waals surface area (Å²) in [6.07, 6.45) is -23.8. The summed E-state index contributed by atoms with van der Waals surface area (Å²) in [5, 5.41) is 0. The molecule has 1 aliphatic heterocycles. The summed E-state index contributed by atoms with van der Waals surface area (Å²) in [6, 6.07) is 0. The van der Waals surface area contributed by atoms with Crippen molar-refractivity contribution >= 4 is 23.9 Å². The lowest BCUT2D eigenvalue weighted by Gasteiger charge is -2.48. The largest absolute Gasteiger partial charge is 0.460 e. The second kappa shape index (κ2) is 11.3. The molecule has 5 atom stereocenters. The normalized spacial score (nSPS) is 24.8. The molecule has 0 aromatic heterocycles. The highest BCUT2D eigenvalue weighted by molar-refractivity contribution is 5.69. The van der Waals surface area contributed by atoms with E-state index in [1.807, 2.05) is 0 Å². The van der Waals surface area contributed by atoms with Gasteiger partial charge in [0, 0.05) is 27.7 Å². The maximum Gasteiger partial charge on any atom is 0.460 e. The van der Waals surface area contributed by atoms with Crippen molar-refractivity contribution in [2.45, 2.75) is 94.2 Å². The minimum Gasteiger partial charge on any atom is -0.455 e. The van der Waals surface area contributed by atoms with Gasteiger partial charge in [-0.25, -0.2) is 0 Å². The molecule has 9 nitrogen and oxygen atoms in total. The summed E-state index contributed by atoms with van der Waals surface area (Å²) in [4.78, 5) is 45.9. The topological polar surface area (TPSA) is 114 Å². The van der Waals surface area contributed by atoms with Crippen molar-refractivity contribution in [3.63, 3.8) is 0 Å². The first kappa shape index (κ1) is 36.0. The molecule has 0 unspecified atom stereocenters. The van der Waals surface area contributed by atoms with E-state index in [2.05, 4.69) is 23.7 Å². The number of hydrogen-bond acceptors (Lipinski definition) is 9. The Morgan fingerprint density at radius 3 is 1.20 bits per heavy atom. The van der Waals surface area contributed by atoms with Crippen LogP contribution in [0.25, 0.3) is 0 Å². The lowest BCUT2D eigenvalue weighted by molar-refractivity contribution is -0.452. The molecule has 0 radical (unpaired) electrons. The molecule has 0 aromatic carbocycles. The van der Waals surface area contributed by atoms with Crippen LogP contribution >= 0.6 is 0 Å². The van der Waals surface area contributed by atoms with Gasteiger partial charge in [-0.15, -0.1) is 0 Å². The third-order valence-corrected chi connectivity index (χ3v) is 5.00. The summed E-state index contributed by atoms with van der Waals surface area (Å²) in [6.45, 7) is 1.81. The minimum atomic E-state index is -8.28. The van der Waals surface area contributed by atoms with Crippen LogP contribution in [0.4, 0.5) is 57.1 Å². The third kappa shape index (κ3) is 6.40. The molecule has 1 aliphatic rings. The average Bonchev–Trinajstić information content (AvgIpc) is 2.74. The molecule has 0 spiro atoms. The predicted octanol–water partition coefficient (Wildman–Crippen LogP) is 3.81. The van der Waals surface area contributed by atoms with E-state index < -0.39 is 90.4 Å². The molecular formula is C19H17F13O9. The van der Waals surface area contributed by atoms with Crippen LogP contribution in [0.2, 0.25) is 0 Å². The molecule has 0 bridgehead atoms. The average molecular weight is 636 g/mol. The van der Waals surface area contributed by atoms with E-state index in [1.54, 1.807) is 0 Å². The van der Waals surface area contributed by atoms with Crippen molar-refractivity contribution in [3.8, 4) is 0 Å². The van der Waals surface area contributed by atoms with Gasteiger partial charge >= 0.3 is 59.7 Å². The van der Waals surface area contributed by atoms with E-state index in [4.69, 9.17) is 0 Å². The van der Waals surface area contributed by atoms with Gasteiger partial charge in [-0.05, 0) is 0 Å². The van der Waals surface area contributed by atoms with Crippen molar-refractivity contribution in [1.82, 2.24) is 0 Å². The summed E-state index contributed by atoms with van der Waals surface area (Å²) < 4.78 is 200. The van der Waals surface area contributed by atoms with Crippen LogP contribution in [0.1, 0.15) is 27.7 Å². The minimum absolute atomic E-state index is 0.323. The van der Waals surface area contributed by atoms with Gasteiger partial charge in [-0.1, -0.05) is 0 Å². The molecule has 0 saturated carbocycles. The fourth-order valence-electron chi connectivity index (χ4n) is 3.28. The summed E-state index contributed by atoms with van der Waals surface area (Å²) in [5.74, 6) is -46.1. The second-order valence-corrected chi connectivity index (χ2v) is 8.17. The Hall–Kier alpha value is -3.07. The molecule has 238 valence electrons. The number of halogens is 13. The molecule has 0 N–H and O–H groups in total. The van der Waals surface area contributed by atoms with Crippen LogP contribution in [0.3, 0.4) is 0 Å². The highest BCUT2D eigenvalue weighted by Gasteiger charge is 2.92. The second-order valence-electron chi connectivity index (χ2n) is 8.17. The van der Waals surface area contributed by atoms with Crippen molar-refractivity contribution < 1.29 is 99.9 Å². The van der Waals surface area contributed by atoms with E-state index in [1.165, 1.54) is 0 Å². The van der Waals surface area contributed by atoms with Crippen molar-refractivity contribution in [2.75, 3.05) is 0 Å². The molecule has 0 aliphatic carbocycles. The SMILES string of the molecule is CC(=O)O[C@@H]1O[C@@H](C(F)(F)C(F)(F)C(F)(F)C(F)(F)C(F)(F)C(F)(F)F)[C@@H](OC(C)=O)[C@H](OC(C)=O)[C@H]1OC(C)=O. The fraction of sp³-hybridized carbons (Fsp3) is 0.789. The van der Waals surface area contributed by atoms with Crippen LogP contribution in [0, 0.1) is 0 Å². The summed E-state index contributed by atoms with van der Waals surface area (Å²) in [5.41, 5.74) is 0. The number of carbonyl (C=O) groups excluding carboxylic acids is 4. The molecule has 1 fully saturated rings. The molecule has 1 rings (SSSR count). The number of carbonyl (C=O) groups is 4. The zero-order chi connectivity index (χ0) is 32.7. The predicted molar refractivity (Wildman–Crippen MR) is 97.9 cm³/mol. The van der Waals surface area contributed by atoms with Gasteiger partial charge in [-0.2, -0.15) is 57.1 Å². The lowest BCUT2D eigenvalue weighted by atomic mass is 9.86. The van der Waals surface area contributed by atoms with Crippen molar-refractivity contribution in [2.24, 2.45) is 0 Å². The Kier molecular flexibility index (Phi) is 9.92. The Morgan fingerprint density at radius 1 is 0.488 bits per heavy atom. The van der Waals surface area contributed by atoms with Crippen LogP contribution in [0.5, 0.6) is 0 Å². The monoisotopic (exact) mass is 636 g/mol. The van der Waals surface area contributed by atoms with E-state index in [-0.39, 0.29) is 0 Å². The maximum atomic E-state index is 15.1. The third-order valence-electron chi connectivity index (χ3n) is 5.00. The molecule has 22 heteroatoms. The number of rotatable bonds is 9. The van der Waals surface area contributed by atoms with Gasteiger partial charge in [0.25, 0.3) is 0 Å². The van der Waals surface area contributed by atoms with Crippen LogP contribution in [0.15, 0.2) is 0 Å². The number of alkyl halides is 13. The zero-order valence-corrected chi connectivity index (χ0v) is 20.5. The molecular weight excluding hydrogens is 619 g/mol. The van der Waals surface area contributed by atoms with E-state index in [0.29, 0.717) is 27.7 Å². The van der Waals surface area contributed by atoms with Gasteiger partial charge < -0.3 is 23.7 Å². The van der Waals surface area contributed by atoms with Crippen LogP contribution < -0.4 is 0 Å². The van der Waals surface area contributed by atoms with Crippen LogP contribution in [-0.2, 0) is 42.9 Å². The first-order valence-electron chi connectivity index (χ1n) is 10.4. The van der Waals surface area contributed by atoms with Gasteiger partial charge in [0.15, 0.2) is 18.3 Å². The zero-order valence-electron chi connectivity index (χ0n) is 20.5. The Labute approximate surface area is 219 Å². The lowest BCUT2D eigenvalue weighted by Crippen LogP contribution is -2.75. The van der Waals surface area contributed by atoms with Gasteiger partial charge in [0.05, 0.1) is 0 Å². The first-order chi connectivity index (χ1) is 18.1. The van der Waals surface area contributed by atoms with Crippen LogP contribution in [-0.4, -0.2) is 90.4 Å². The maximum absolute atomic E-state index is 15.1. The molecule has 0 amide bonds.